The van der Waals surface area contributed by atoms with E-state index < -0.39 is 0 Å². The Labute approximate surface area is 103 Å². The first-order valence-corrected chi connectivity index (χ1v) is 5.49. The number of pyridine rings is 1. The fourth-order valence-corrected chi connectivity index (χ4v) is 1.96. The van der Waals surface area contributed by atoms with E-state index in [9.17, 15) is 4.79 Å². The summed E-state index contributed by atoms with van der Waals surface area (Å²) in [6.45, 7) is 1.76. The Balaban J connectivity index is 2.73. The van der Waals surface area contributed by atoms with Gasteiger partial charge in [0, 0.05) is 17.3 Å². The van der Waals surface area contributed by atoms with Crippen molar-refractivity contribution in [3.8, 4) is 11.1 Å². The molecule has 0 atom stereocenters. The number of benzene rings is 1. The predicted molar refractivity (Wildman–Crippen MR) is 67.3 cm³/mol. The van der Waals surface area contributed by atoms with Crippen LogP contribution in [-0.2, 0) is 0 Å². The van der Waals surface area contributed by atoms with Gasteiger partial charge in [0.25, 0.3) is 5.56 Å². The van der Waals surface area contributed by atoms with Gasteiger partial charge in [0.1, 0.15) is 0 Å². The average molecular weight is 254 g/mol. The van der Waals surface area contributed by atoms with E-state index in [1.54, 1.807) is 19.2 Å². The number of hydrogen-bond acceptors (Lipinski definition) is 1. The number of rotatable bonds is 1. The fraction of sp³-hybridized carbons (Fsp3) is 0.0833. The van der Waals surface area contributed by atoms with Crippen molar-refractivity contribution in [3.05, 3.63) is 56.4 Å². The number of aromatic nitrogens is 1. The maximum atomic E-state index is 11.5. The highest BCUT2D eigenvalue weighted by Gasteiger charge is 2.10. The fourth-order valence-electron chi connectivity index (χ4n) is 1.56. The minimum absolute atomic E-state index is 0.117. The molecule has 1 aromatic heterocycles. The Kier molecular flexibility index (Phi) is 3.03. The van der Waals surface area contributed by atoms with E-state index in [1.165, 1.54) is 0 Å². The van der Waals surface area contributed by atoms with Crippen LogP contribution < -0.4 is 5.56 Å². The first-order chi connectivity index (χ1) is 7.61. The average Bonchev–Trinajstić information content (AvgIpc) is 2.27. The zero-order valence-corrected chi connectivity index (χ0v) is 10.1. The summed E-state index contributed by atoms with van der Waals surface area (Å²) in [4.78, 5) is 14.1. The lowest BCUT2D eigenvalue weighted by Gasteiger charge is -2.07. The van der Waals surface area contributed by atoms with E-state index in [1.807, 2.05) is 18.2 Å². The van der Waals surface area contributed by atoms with Crippen LogP contribution in [0, 0.1) is 6.92 Å². The highest BCUT2D eigenvalue weighted by atomic mass is 35.5. The number of nitrogens with one attached hydrogen (secondary N) is 1. The van der Waals surface area contributed by atoms with E-state index in [2.05, 4.69) is 4.98 Å². The third-order valence-electron chi connectivity index (χ3n) is 2.45. The van der Waals surface area contributed by atoms with Crippen LogP contribution in [0.4, 0.5) is 0 Å². The summed E-state index contributed by atoms with van der Waals surface area (Å²) in [7, 11) is 0. The molecule has 0 spiro atoms. The van der Waals surface area contributed by atoms with Crippen molar-refractivity contribution >= 4 is 23.2 Å². The van der Waals surface area contributed by atoms with Crippen LogP contribution in [0.2, 0.25) is 10.0 Å². The molecule has 0 aliphatic carbocycles. The van der Waals surface area contributed by atoms with Gasteiger partial charge in [-0.05, 0) is 24.6 Å². The van der Waals surface area contributed by atoms with E-state index in [-0.39, 0.29) is 5.56 Å². The van der Waals surface area contributed by atoms with Crippen molar-refractivity contribution in [1.82, 2.24) is 4.98 Å². The Morgan fingerprint density at radius 2 is 1.88 bits per heavy atom. The molecule has 82 valence electrons. The van der Waals surface area contributed by atoms with Crippen molar-refractivity contribution in [1.29, 1.82) is 0 Å². The van der Waals surface area contributed by atoms with E-state index >= 15 is 0 Å². The molecule has 0 radical (unpaired) electrons. The Morgan fingerprint density at radius 3 is 2.62 bits per heavy atom. The molecule has 0 aliphatic rings. The molecular formula is C12H9Cl2NO. The van der Waals surface area contributed by atoms with Gasteiger partial charge >= 0.3 is 0 Å². The van der Waals surface area contributed by atoms with Crippen LogP contribution in [0.15, 0.2) is 35.3 Å². The molecule has 2 nitrogen and oxygen atoms in total. The van der Waals surface area contributed by atoms with Gasteiger partial charge < -0.3 is 4.98 Å². The lowest BCUT2D eigenvalue weighted by atomic mass is 10.0. The van der Waals surface area contributed by atoms with Gasteiger partial charge in [-0.3, -0.25) is 4.79 Å². The zero-order valence-electron chi connectivity index (χ0n) is 8.55. The summed E-state index contributed by atoms with van der Waals surface area (Å²) >= 11 is 12.0. The van der Waals surface area contributed by atoms with Crippen molar-refractivity contribution in [2.75, 3.05) is 0 Å². The SMILES string of the molecule is Cc1c(-c2cccc(Cl)c2Cl)cc[nH]c1=O. The van der Waals surface area contributed by atoms with Gasteiger partial charge in [0.2, 0.25) is 0 Å². The van der Waals surface area contributed by atoms with Crippen molar-refractivity contribution in [2.45, 2.75) is 6.92 Å². The van der Waals surface area contributed by atoms with Gasteiger partial charge in [-0.2, -0.15) is 0 Å². The smallest absolute Gasteiger partial charge is 0.251 e. The molecule has 1 N–H and O–H groups in total. The molecule has 2 aromatic rings. The number of halogens is 2. The van der Waals surface area contributed by atoms with Gasteiger partial charge in [-0.1, -0.05) is 35.3 Å². The molecule has 4 heteroatoms. The normalized spacial score (nSPS) is 10.4. The summed E-state index contributed by atoms with van der Waals surface area (Å²) < 4.78 is 0. The molecule has 0 amide bonds. The molecule has 0 bridgehead atoms. The van der Waals surface area contributed by atoms with Crippen LogP contribution in [0.1, 0.15) is 5.56 Å². The van der Waals surface area contributed by atoms with Crippen LogP contribution >= 0.6 is 23.2 Å². The molecule has 1 heterocycles. The molecular weight excluding hydrogens is 245 g/mol. The molecule has 2 rings (SSSR count). The summed E-state index contributed by atoms with van der Waals surface area (Å²) in [5, 5.41) is 0.955. The molecule has 0 saturated carbocycles. The highest BCUT2D eigenvalue weighted by molar-refractivity contribution is 6.43. The second-order valence-electron chi connectivity index (χ2n) is 3.45. The lowest BCUT2D eigenvalue weighted by molar-refractivity contribution is 1.18. The summed E-state index contributed by atoms with van der Waals surface area (Å²) in [6.07, 6.45) is 1.60. The summed E-state index contributed by atoms with van der Waals surface area (Å²) in [5.41, 5.74) is 2.09. The monoisotopic (exact) mass is 253 g/mol. The minimum Gasteiger partial charge on any atom is -0.329 e. The minimum atomic E-state index is -0.117. The number of hydrogen-bond donors (Lipinski definition) is 1. The third-order valence-corrected chi connectivity index (χ3v) is 3.27. The maximum Gasteiger partial charge on any atom is 0.251 e. The van der Waals surface area contributed by atoms with Crippen LogP contribution in [-0.4, -0.2) is 4.98 Å². The molecule has 0 saturated heterocycles. The predicted octanol–water partition coefficient (Wildman–Crippen LogP) is 3.66. The van der Waals surface area contributed by atoms with Crippen LogP contribution in [0.5, 0.6) is 0 Å². The van der Waals surface area contributed by atoms with Crippen molar-refractivity contribution in [3.63, 3.8) is 0 Å². The Morgan fingerprint density at radius 1 is 1.12 bits per heavy atom. The second-order valence-corrected chi connectivity index (χ2v) is 4.23. The molecule has 1 aromatic carbocycles. The zero-order chi connectivity index (χ0) is 11.7. The van der Waals surface area contributed by atoms with Gasteiger partial charge in [-0.15, -0.1) is 0 Å². The molecule has 16 heavy (non-hydrogen) atoms. The molecule has 0 unspecified atom stereocenters. The quantitative estimate of drug-likeness (QED) is 0.827. The highest BCUT2D eigenvalue weighted by Crippen LogP contribution is 2.33. The standard InChI is InChI=1S/C12H9Cl2NO/c1-7-8(5-6-15-12(7)16)9-3-2-4-10(13)11(9)14/h2-6H,1H3,(H,15,16). The summed E-state index contributed by atoms with van der Waals surface area (Å²) in [6, 6.07) is 7.18. The lowest BCUT2D eigenvalue weighted by Crippen LogP contribution is -2.09. The van der Waals surface area contributed by atoms with Crippen molar-refractivity contribution in [2.24, 2.45) is 0 Å². The second kappa shape index (κ2) is 4.32. The van der Waals surface area contributed by atoms with Crippen molar-refractivity contribution < 1.29 is 0 Å². The Bertz CT molecular complexity index is 590. The van der Waals surface area contributed by atoms with Gasteiger partial charge in [0.05, 0.1) is 10.0 Å². The first kappa shape index (κ1) is 11.2. The molecule has 0 fully saturated rings. The third kappa shape index (κ3) is 1.86. The van der Waals surface area contributed by atoms with Crippen LogP contribution in [0.25, 0.3) is 11.1 Å². The first-order valence-electron chi connectivity index (χ1n) is 4.74. The van der Waals surface area contributed by atoms with Gasteiger partial charge in [-0.25, -0.2) is 0 Å². The van der Waals surface area contributed by atoms with E-state index in [4.69, 9.17) is 23.2 Å². The van der Waals surface area contributed by atoms with E-state index in [0.29, 0.717) is 15.6 Å². The topological polar surface area (TPSA) is 32.9 Å². The Hall–Kier alpha value is -1.25. The largest absolute Gasteiger partial charge is 0.329 e. The maximum absolute atomic E-state index is 11.5. The molecule has 0 aliphatic heterocycles. The number of aromatic amines is 1. The van der Waals surface area contributed by atoms with E-state index in [0.717, 1.165) is 11.1 Å². The van der Waals surface area contributed by atoms with Crippen LogP contribution in [0.3, 0.4) is 0 Å². The summed E-state index contributed by atoms with van der Waals surface area (Å²) in [5.74, 6) is 0. The van der Waals surface area contributed by atoms with Gasteiger partial charge in [0.15, 0.2) is 0 Å². The number of H-pyrrole nitrogens is 1.